The first kappa shape index (κ1) is 25.9. The monoisotopic (exact) mass is 546 g/mol. The van der Waals surface area contributed by atoms with Crippen LogP contribution in [0.5, 0.6) is 5.75 Å². The van der Waals surface area contributed by atoms with Crippen molar-refractivity contribution in [3.8, 4) is 5.75 Å². The molecule has 1 N–H and O–H groups in total. The number of amides is 1. The highest BCUT2D eigenvalue weighted by atomic mass is 35.5. The van der Waals surface area contributed by atoms with Gasteiger partial charge in [-0.2, -0.15) is 0 Å². The van der Waals surface area contributed by atoms with Crippen LogP contribution in [0.1, 0.15) is 48.1 Å². The normalized spacial score (nSPS) is 16.9. The van der Waals surface area contributed by atoms with Crippen molar-refractivity contribution < 1.29 is 19.4 Å². The number of thiazole rings is 1. The summed E-state index contributed by atoms with van der Waals surface area (Å²) >= 11 is 7.38. The highest BCUT2D eigenvalue weighted by Gasteiger charge is 2.48. The second-order valence-electron chi connectivity index (χ2n) is 9.37. The number of ketones is 1. The third-order valence-electron chi connectivity index (χ3n) is 6.55. The minimum Gasteiger partial charge on any atom is -0.507 e. The fourth-order valence-corrected chi connectivity index (χ4v) is 5.95. The Morgan fingerprint density at radius 3 is 2.47 bits per heavy atom. The second kappa shape index (κ2) is 10.6. The molecule has 8 heteroatoms. The summed E-state index contributed by atoms with van der Waals surface area (Å²) in [7, 11) is 0. The molecule has 1 saturated heterocycles. The van der Waals surface area contributed by atoms with Crippen LogP contribution >= 0.6 is 22.9 Å². The Morgan fingerprint density at radius 1 is 1.08 bits per heavy atom. The van der Waals surface area contributed by atoms with Crippen LogP contribution in [0.15, 0.2) is 66.2 Å². The van der Waals surface area contributed by atoms with E-state index >= 15 is 0 Å². The summed E-state index contributed by atoms with van der Waals surface area (Å²) in [6, 6.07) is 17.0. The van der Waals surface area contributed by atoms with Gasteiger partial charge in [0.15, 0.2) is 5.13 Å². The fraction of sp³-hybridized carbons (Fsp3) is 0.233. The predicted molar refractivity (Wildman–Crippen MR) is 152 cm³/mol. The maximum absolute atomic E-state index is 13.5. The molecule has 0 aliphatic carbocycles. The van der Waals surface area contributed by atoms with Crippen molar-refractivity contribution >= 4 is 55.7 Å². The van der Waals surface area contributed by atoms with E-state index in [0.717, 1.165) is 34.2 Å². The number of anilines is 1. The van der Waals surface area contributed by atoms with Gasteiger partial charge < -0.3 is 9.84 Å². The molecule has 1 amide bonds. The van der Waals surface area contributed by atoms with Crippen molar-refractivity contribution in [2.45, 2.75) is 39.7 Å². The summed E-state index contributed by atoms with van der Waals surface area (Å²) in [5.74, 6) is -1.06. The zero-order valence-electron chi connectivity index (χ0n) is 21.3. The quantitative estimate of drug-likeness (QED) is 0.113. The van der Waals surface area contributed by atoms with Crippen molar-refractivity contribution in [1.29, 1.82) is 0 Å². The molecule has 0 radical (unpaired) electrons. The van der Waals surface area contributed by atoms with Crippen molar-refractivity contribution in [3.63, 3.8) is 0 Å². The molecule has 3 aromatic carbocycles. The maximum atomic E-state index is 13.5. The van der Waals surface area contributed by atoms with Crippen molar-refractivity contribution in [2.24, 2.45) is 0 Å². The smallest absolute Gasteiger partial charge is 0.301 e. The van der Waals surface area contributed by atoms with Crippen molar-refractivity contribution in [3.05, 3.63) is 93.5 Å². The van der Waals surface area contributed by atoms with E-state index in [4.69, 9.17) is 21.3 Å². The number of halogens is 1. The average molecular weight is 547 g/mol. The summed E-state index contributed by atoms with van der Waals surface area (Å²) in [4.78, 5) is 33.1. The third-order valence-corrected chi connectivity index (χ3v) is 7.80. The molecule has 6 nitrogen and oxygen atoms in total. The van der Waals surface area contributed by atoms with Crippen LogP contribution in [0, 0.1) is 13.8 Å². The number of unbranched alkanes of at least 4 members (excludes halogenated alkanes) is 1. The fourth-order valence-electron chi connectivity index (χ4n) is 4.65. The largest absolute Gasteiger partial charge is 0.507 e. The Bertz CT molecular complexity index is 1560. The zero-order chi connectivity index (χ0) is 27.0. The minimum absolute atomic E-state index is 0.00383. The maximum Gasteiger partial charge on any atom is 0.301 e. The molecule has 1 unspecified atom stereocenters. The van der Waals surface area contributed by atoms with Crippen LogP contribution in [-0.2, 0) is 9.59 Å². The Balaban J connectivity index is 1.65. The van der Waals surface area contributed by atoms with Crippen LogP contribution in [0.4, 0.5) is 5.13 Å². The Morgan fingerprint density at radius 2 is 1.79 bits per heavy atom. The van der Waals surface area contributed by atoms with Crippen LogP contribution in [0.25, 0.3) is 16.0 Å². The van der Waals surface area contributed by atoms with E-state index < -0.39 is 17.7 Å². The number of aromatic nitrogens is 1. The van der Waals surface area contributed by atoms with E-state index in [0.29, 0.717) is 33.6 Å². The van der Waals surface area contributed by atoms with Gasteiger partial charge in [0.25, 0.3) is 5.78 Å². The van der Waals surface area contributed by atoms with Crippen molar-refractivity contribution in [2.75, 3.05) is 11.5 Å². The molecular weight excluding hydrogens is 520 g/mol. The lowest BCUT2D eigenvalue weighted by atomic mass is 9.95. The molecule has 2 heterocycles. The van der Waals surface area contributed by atoms with Gasteiger partial charge in [-0.25, -0.2) is 4.98 Å². The Hall–Kier alpha value is -3.68. The highest BCUT2D eigenvalue weighted by molar-refractivity contribution is 7.22. The summed E-state index contributed by atoms with van der Waals surface area (Å²) in [5.41, 5.74) is 3.93. The molecular formula is C30H27ClN2O4S. The first-order chi connectivity index (χ1) is 18.3. The molecule has 0 bridgehead atoms. The number of aliphatic hydroxyl groups excluding tert-OH is 1. The first-order valence-corrected chi connectivity index (χ1v) is 13.7. The highest BCUT2D eigenvalue weighted by Crippen LogP contribution is 2.45. The molecule has 1 aliphatic rings. The summed E-state index contributed by atoms with van der Waals surface area (Å²) < 4.78 is 6.73. The van der Waals surface area contributed by atoms with Gasteiger partial charge in [0, 0.05) is 10.6 Å². The number of hydrogen-bond acceptors (Lipinski definition) is 6. The number of fused-ring (bicyclic) bond motifs is 1. The lowest BCUT2D eigenvalue weighted by molar-refractivity contribution is -0.132. The standard InChI is InChI=1S/C30H27ClN2O4S/c1-4-5-14-37-22-12-8-19(9-13-22)26-24(27(34)20-6-10-21(31)11-7-20)28(35)29(36)33(26)30-32-25-18(3)15-17(2)16-23(25)38-30/h6-13,15-16,26,34H,4-5,14H2,1-3H3/b27-24+. The van der Waals surface area contributed by atoms with Crippen LogP contribution < -0.4 is 9.64 Å². The molecule has 0 spiro atoms. The lowest BCUT2D eigenvalue weighted by Gasteiger charge is -2.23. The molecule has 38 heavy (non-hydrogen) atoms. The number of hydrogen-bond donors (Lipinski definition) is 1. The third kappa shape index (κ3) is 4.79. The summed E-state index contributed by atoms with van der Waals surface area (Å²) in [6.45, 7) is 6.69. The molecule has 0 saturated carbocycles. The van der Waals surface area contributed by atoms with Crippen LogP contribution in [0.2, 0.25) is 5.02 Å². The van der Waals surface area contributed by atoms with Gasteiger partial charge in [0.05, 0.1) is 28.4 Å². The van der Waals surface area contributed by atoms with E-state index in [2.05, 4.69) is 6.92 Å². The minimum atomic E-state index is -0.864. The number of benzene rings is 3. The van der Waals surface area contributed by atoms with Gasteiger partial charge in [-0.1, -0.05) is 54.5 Å². The number of Topliss-reactive ketones (excluding diaryl/α,β-unsaturated/α-hetero) is 1. The Kier molecular flexibility index (Phi) is 7.23. The van der Waals surface area contributed by atoms with Crippen LogP contribution in [-0.4, -0.2) is 28.4 Å². The molecule has 1 aromatic heterocycles. The number of nitrogens with zero attached hydrogens (tertiary/aromatic N) is 2. The van der Waals surface area contributed by atoms with E-state index in [1.165, 1.54) is 16.2 Å². The molecule has 1 atom stereocenters. The second-order valence-corrected chi connectivity index (χ2v) is 10.8. The number of rotatable bonds is 7. The van der Waals surface area contributed by atoms with Gasteiger partial charge in [-0.3, -0.25) is 14.5 Å². The number of ether oxygens (including phenoxy) is 1. The Labute approximate surface area is 230 Å². The van der Waals surface area contributed by atoms with Gasteiger partial charge >= 0.3 is 5.91 Å². The number of carbonyl (C=O) groups excluding carboxylic acids is 2. The summed E-state index contributed by atoms with van der Waals surface area (Å²) in [6.07, 6.45) is 1.97. The topological polar surface area (TPSA) is 79.7 Å². The molecule has 1 fully saturated rings. The van der Waals surface area contributed by atoms with Gasteiger partial charge in [0.1, 0.15) is 11.5 Å². The van der Waals surface area contributed by atoms with E-state index in [1.54, 1.807) is 24.3 Å². The predicted octanol–water partition coefficient (Wildman–Crippen LogP) is 7.37. The van der Waals surface area contributed by atoms with Gasteiger partial charge in [-0.15, -0.1) is 0 Å². The molecule has 5 rings (SSSR count). The first-order valence-electron chi connectivity index (χ1n) is 12.5. The SMILES string of the molecule is CCCCOc1ccc(C2/C(=C(\O)c3ccc(Cl)cc3)C(=O)C(=O)N2c2nc3c(C)cc(C)cc3s2)cc1. The van der Waals surface area contributed by atoms with Gasteiger partial charge in [0.2, 0.25) is 0 Å². The average Bonchev–Trinajstić information content (AvgIpc) is 3.43. The number of carbonyl (C=O) groups is 2. The van der Waals surface area contributed by atoms with Crippen molar-refractivity contribution in [1.82, 2.24) is 4.98 Å². The number of aryl methyl sites for hydroxylation is 2. The lowest BCUT2D eigenvalue weighted by Crippen LogP contribution is -2.29. The summed E-state index contributed by atoms with van der Waals surface area (Å²) in [5, 5.41) is 12.2. The zero-order valence-corrected chi connectivity index (χ0v) is 22.9. The molecule has 194 valence electrons. The van der Waals surface area contributed by atoms with E-state index in [-0.39, 0.29) is 11.3 Å². The number of aliphatic hydroxyl groups is 1. The van der Waals surface area contributed by atoms with Gasteiger partial charge in [-0.05, 0) is 79.4 Å². The van der Waals surface area contributed by atoms with Crippen LogP contribution in [0.3, 0.4) is 0 Å². The van der Waals surface area contributed by atoms with E-state index in [9.17, 15) is 14.7 Å². The molecule has 1 aliphatic heterocycles. The molecule has 4 aromatic rings. The van der Waals surface area contributed by atoms with E-state index in [1.807, 2.05) is 50.2 Å².